The molecular weight excluding hydrogens is 278 g/mol. The monoisotopic (exact) mass is 301 g/mol. The van der Waals surface area contributed by atoms with Gasteiger partial charge < -0.3 is 10.2 Å². The van der Waals surface area contributed by atoms with Gasteiger partial charge in [0.05, 0.1) is 6.04 Å². The Kier molecular flexibility index (Phi) is 4.16. The zero-order chi connectivity index (χ0) is 15.7. The number of hydrogen-bond acceptors (Lipinski definition) is 4. The van der Waals surface area contributed by atoms with E-state index in [9.17, 15) is 9.59 Å². The maximum atomic E-state index is 12.7. The van der Waals surface area contributed by atoms with E-state index in [-0.39, 0.29) is 11.8 Å². The third-order valence-corrected chi connectivity index (χ3v) is 4.74. The van der Waals surface area contributed by atoms with Crippen molar-refractivity contribution in [1.82, 2.24) is 9.80 Å². The van der Waals surface area contributed by atoms with Crippen LogP contribution in [0.2, 0.25) is 0 Å². The lowest BCUT2D eigenvalue weighted by Crippen LogP contribution is -2.51. The quantitative estimate of drug-likeness (QED) is 0.674. The van der Waals surface area contributed by atoms with Gasteiger partial charge >= 0.3 is 0 Å². The summed E-state index contributed by atoms with van der Waals surface area (Å²) >= 11 is 0. The van der Waals surface area contributed by atoms with Crippen molar-refractivity contribution >= 4 is 17.9 Å². The highest BCUT2D eigenvalue weighted by molar-refractivity contribution is 6.00. The van der Waals surface area contributed by atoms with E-state index in [0.717, 1.165) is 37.2 Å². The number of anilines is 1. The van der Waals surface area contributed by atoms with Crippen LogP contribution >= 0.6 is 0 Å². The molecule has 5 nitrogen and oxygen atoms in total. The molecule has 1 N–H and O–H groups in total. The number of nitrogens with zero attached hydrogens (tertiary/aromatic N) is 2. The molecule has 1 aromatic rings. The summed E-state index contributed by atoms with van der Waals surface area (Å²) in [7, 11) is 0. The molecule has 1 saturated heterocycles. The Balaban J connectivity index is 1.69. The van der Waals surface area contributed by atoms with Crippen LogP contribution in [0.5, 0.6) is 0 Å². The largest absolute Gasteiger partial charge is 0.382 e. The molecule has 2 aliphatic rings. The van der Waals surface area contributed by atoms with Crippen LogP contribution in [0.4, 0.5) is 5.69 Å². The molecule has 1 amide bonds. The van der Waals surface area contributed by atoms with Crippen LogP contribution in [-0.2, 0) is 11.2 Å². The first kappa shape index (κ1) is 15.0. The molecule has 0 radical (unpaired) electrons. The topological polar surface area (TPSA) is 52.7 Å². The Morgan fingerprint density at radius 2 is 2.05 bits per heavy atom. The molecule has 0 aliphatic carbocycles. The van der Waals surface area contributed by atoms with Crippen molar-refractivity contribution in [2.45, 2.75) is 32.4 Å². The minimum atomic E-state index is -0.140. The number of piperazine rings is 1. The number of Topliss-reactive ketones (excluding diaryl/α,β-unsaturated/α-hetero) is 1. The molecule has 2 heterocycles. The van der Waals surface area contributed by atoms with E-state index in [4.69, 9.17) is 0 Å². The van der Waals surface area contributed by atoms with Gasteiger partial charge in [-0.2, -0.15) is 0 Å². The lowest BCUT2D eigenvalue weighted by atomic mass is 9.99. The van der Waals surface area contributed by atoms with E-state index in [2.05, 4.69) is 17.1 Å². The standard InChI is InChI=1S/C17H23N3O2/c1-12-9-15-10-14(3-4-16(15)18-12)17(22)13(2)20-7-5-19(11-21)6-8-20/h3-4,10-13,18H,5-9H2,1-2H3. The maximum absolute atomic E-state index is 12.7. The summed E-state index contributed by atoms with van der Waals surface area (Å²) in [6.45, 7) is 7.04. The molecular formula is C17H23N3O2. The fourth-order valence-corrected chi connectivity index (χ4v) is 3.34. The number of fused-ring (bicyclic) bond motifs is 1. The summed E-state index contributed by atoms with van der Waals surface area (Å²) in [6, 6.07) is 6.27. The summed E-state index contributed by atoms with van der Waals surface area (Å²) in [5, 5.41) is 3.41. The summed E-state index contributed by atoms with van der Waals surface area (Å²) in [5.74, 6) is 0.168. The van der Waals surface area contributed by atoms with Gasteiger partial charge in [0.1, 0.15) is 0 Å². The van der Waals surface area contributed by atoms with E-state index >= 15 is 0 Å². The Labute approximate surface area is 131 Å². The molecule has 1 fully saturated rings. The van der Waals surface area contributed by atoms with E-state index in [1.54, 1.807) is 4.90 Å². The number of carbonyl (C=O) groups excluding carboxylic acids is 2. The zero-order valence-corrected chi connectivity index (χ0v) is 13.2. The highest BCUT2D eigenvalue weighted by atomic mass is 16.1. The summed E-state index contributed by atoms with van der Waals surface area (Å²) in [6.07, 6.45) is 1.86. The van der Waals surface area contributed by atoms with Crippen LogP contribution in [0.25, 0.3) is 0 Å². The maximum Gasteiger partial charge on any atom is 0.209 e. The first-order chi connectivity index (χ1) is 10.6. The van der Waals surface area contributed by atoms with Gasteiger partial charge in [-0.05, 0) is 44.0 Å². The van der Waals surface area contributed by atoms with Crippen molar-refractivity contribution in [1.29, 1.82) is 0 Å². The second kappa shape index (κ2) is 6.08. The molecule has 2 unspecified atom stereocenters. The Morgan fingerprint density at radius 3 is 2.73 bits per heavy atom. The molecule has 5 heteroatoms. The number of hydrogen-bond donors (Lipinski definition) is 1. The zero-order valence-electron chi connectivity index (χ0n) is 13.2. The Morgan fingerprint density at radius 1 is 1.32 bits per heavy atom. The van der Waals surface area contributed by atoms with Crippen molar-refractivity contribution in [3.05, 3.63) is 29.3 Å². The third kappa shape index (κ3) is 2.86. The molecule has 0 saturated carbocycles. The average molecular weight is 301 g/mol. The van der Waals surface area contributed by atoms with E-state index < -0.39 is 0 Å². The normalized spacial score (nSPS) is 22.8. The van der Waals surface area contributed by atoms with Gasteiger partial charge in [0.15, 0.2) is 5.78 Å². The van der Waals surface area contributed by atoms with Crippen molar-refractivity contribution in [3.8, 4) is 0 Å². The van der Waals surface area contributed by atoms with Gasteiger partial charge in [-0.15, -0.1) is 0 Å². The highest BCUT2D eigenvalue weighted by Crippen LogP contribution is 2.27. The molecule has 0 bridgehead atoms. The lowest BCUT2D eigenvalue weighted by Gasteiger charge is -2.35. The molecule has 1 aromatic carbocycles. The SMILES string of the molecule is CC1Cc2cc(C(=O)C(C)N3CCN(C=O)CC3)ccc2N1. The predicted octanol–water partition coefficient (Wildman–Crippen LogP) is 1.39. The molecule has 2 atom stereocenters. The number of nitrogens with one attached hydrogen (secondary N) is 1. The first-order valence-corrected chi connectivity index (χ1v) is 7.95. The van der Waals surface area contributed by atoms with Crippen molar-refractivity contribution in [2.75, 3.05) is 31.5 Å². The summed E-state index contributed by atoms with van der Waals surface area (Å²) in [4.78, 5) is 27.4. The number of carbonyl (C=O) groups is 2. The average Bonchev–Trinajstić information content (AvgIpc) is 2.92. The third-order valence-electron chi connectivity index (χ3n) is 4.74. The summed E-state index contributed by atoms with van der Waals surface area (Å²) in [5.41, 5.74) is 3.17. The summed E-state index contributed by atoms with van der Waals surface area (Å²) < 4.78 is 0. The van der Waals surface area contributed by atoms with Gasteiger partial charge in [-0.25, -0.2) is 0 Å². The van der Waals surface area contributed by atoms with Crippen molar-refractivity contribution in [3.63, 3.8) is 0 Å². The minimum Gasteiger partial charge on any atom is -0.382 e. The van der Waals surface area contributed by atoms with Gasteiger partial charge in [0, 0.05) is 43.5 Å². The van der Waals surface area contributed by atoms with Gasteiger partial charge in [0.2, 0.25) is 6.41 Å². The Bertz CT molecular complexity index is 579. The number of rotatable bonds is 4. The van der Waals surface area contributed by atoms with Crippen molar-refractivity contribution in [2.24, 2.45) is 0 Å². The van der Waals surface area contributed by atoms with Crippen molar-refractivity contribution < 1.29 is 9.59 Å². The fraction of sp³-hybridized carbons (Fsp3) is 0.529. The van der Waals surface area contributed by atoms with Gasteiger partial charge in [-0.3, -0.25) is 14.5 Å². The molecule has 118 valence electrons. The van der Waals surface area contributed by atoms with Crippen LogP contribution in [0, 0.1) is 0 Å². The van der Waals surface area contributed by atoms with Crippen LogP contribution in [0.3, 0.4) is 0 Å². The van der Waals surface area contributed by atoms with E-state index in [0.29, 0.717) is 19.1 Å². The van der Waals surface area contributed by atoms with E-state index in [1.807, 2.05) is 25.1 Å². The molecule has 2 aliphatic heterocycles. The fourth-order valence-electron chi connectivity index (χ4n) is 3.34. The number of benzene rings is 1. The van der Waals surface area contributed by atoms with Gasteiger partial charge in [0.25, 0.3) is 0 Å². The number of ketones is 1. The van der Waals surface area contributed by atoms with Crippen LogP contribution in [0.1, 0.15) is 29.8 Å². The molecule has 0 spiro atoms. The van der Waals surface area contributed by atoms with Gasteiger partial charge in [-0.1, -0.05) is 0 Å². The predicted molar refractivity (Wildman–Crippen MR) is 86.2 cm³/mol. The molecule has 0 aromatic heterocycles. The molecule has 22 heavy (non-hydrogen) atoms. The van der Waals surface area contributed by atoms with Crippen LogP contribution in [-0.4, -0.2) is 60.3 Å². The highest BCUT2D eigenvalue weighted by Gasteiger charge is 2.27. The second-order valence-corrected chi connectivity index (χ2v) is 6.34. The smallest absolute Gasteiger partial charge is 0.209 e. The molecule has 3 rings (SSSR count). The van der Waals surface area contributed by atoms with Crippen LogP contribution < -0.4 is 5.32 Å². The second-order valence-electron chi connectivity index (χ2n) is 6.34. The van der Waals surface area contributed by atoms with E-state index in [1.165, 1.54) is 5.56 Å². The van der Waals surface area contributed by atoms with Crippen LogP contribution in [0.15, 0.2) is 18.2 Å². The lowest BCUT2D eigenvalue weighted by molar-refractivity contribution is -0.119. The first-order valence-electron chi connectivity index (χ1n) is 7.95. The Hall–Kier alpha value is -1.88. The number of amides is 1. The minimum absolute atomic E-state index is 0.140.